The number of hydrogen-bond donors (Lipinski definition) is 2. The molecule has 4 nitrogen and oxygen atoms in total. The van der Waals surface area contributed by atoms with Crippen molar-refractivity contribution in [1.82, 2.24) is 9.80 Å². The number of nitrogens with two attached hydrogens (primary N) is 1. The Hall–Kier alpha value is -1.45. The highest BCUT2D eigenvalue weighted by Crippen LogP contribution is 2.14. The molecule has 0 amide bonds. The predicted molar refractivity (Wildman–Crippen MR) is 81.1 cm³/mol. The smallest absolute Gasteiger partial charge is 0.128 e. The molecule has 1 saturated heterocycles. The van der Waals surface area contributed by atoms with Crippen LogP contribution in [0, 0.1) is 17.7 Å². The van der Waals surface area contributed by atoms with Gasteiger partial charge in [0.25, 0.3) is 0 Å². The Labute approximate surface area is 125 Å². The van der Waals surface area contributed by atoms with Gasteiger partial charge in [-0.25, -0.2) is 4.39 Å². The van der Waals surface area contributed by atoms with E-state index in [1.807, 2.05) is 6.07 Å². The first-order valence-electron chi connectivity index (χ1n) is 7.26. The third-order valence-corrected chi connectivity index (χ3v) is 3.66. The minimum atomic E-state index is -0.211. The summed E-state index contributed by atoms with van der Waals surface area (Å²) in [6.45, 7) is 5.44. The topological polar surface area (TPSA) is 52.7 Å². The molecule has 0 aromatic heterocycles. The van der Waals surface area contributed by atoms with E-state index >= 15 is 0 Å². The van der Waals surface area contributed by atoms with Crippen LogP contribution in [0.3, 0.4) is 0 Å². The first-order valence-corrected chi connectivity index (χ1v) is 7.26. The van der Waals surface area contributed by atoms with E-state index < -0.39 is 0 Å². The molecule has 0 spiro atoms. The van der Waals surface area contributed by atoms with Gasteiger partial charge in [-0.3, -0.25) is 9.80 Å². The second-order valence-electron chi connectivity index (χ2n) is 5.15. The summed E-state index contributed by atoms with van der Waals surface area (Å²) in [6.07, 6.45) is 0. The lowest BCUT2D eigenvalue weighted by Gasteiger charge is -2.34. The van der Waals surface area contributed by atoms with Gasteiger partial charge in [0.15, 0.2) is 0 Å². The molecular weight excluding hydrogens is 269 g/mol. The summed E-state index contributed by atoms with van der Waals surface area (Å²) in [5.74, 6) is 5.35. The van der Waals surface area contributed by atoms with Crippen molar-refractivity contribution in [2.24, 2.45) is 5.73 Å². The Bertz CT molecular complexity index is 516. The third kappa shape index (κ3) is 4.80. The molecular formula is C16H22FN3O. The van der Waals surface area contributed by atoms with E-state index in [-0.39, 0.29) is 19.0 Å². The predicted octanol–water partition coefficient (Wildman–Crippen LogP) is 0.246. The number of rotatable bonds is 4. The molecule has 0 atom stereocenters. The molecule has 0 aliphatic carbocycles. The summed E-state index contributed by atoms with van der Waals surface area (Å²) in [5.41, 5.74) is 6.67. The third-order valence-electron chi connectivity index (χ3n) is 3.66. The Morgan fingerprint density at radius 2 is 1.90 bits per heavy atom. The molecule has 1 aliphatic rings. The Morgan fingerprint density at radius 3 is 2.52 bits per heavy atom. The van der Waals surface area contributed by atoms with Gasteiger partial charge < -0.3 is 10.8 Å². The molecule has 3 N–H and O–H groups in total. The normalized spacial score (nSPS) is 16.5. The average Bonchev–Trinajstić information content (AvgIpc) is 2.50. The van der Waals surface area contributed by atoms with E-state index in [2.05, 4.69) is 21.6 Å². The standard InChI is InChI=1S/C16H22FN3O/c17-16-12-14(2-1-5-18)3-4-15(16)13-20-8-6-19(7-9-20)10-11-21/h3-4,12,21H,5-11,13,18H2. The lowest BCUT2D eigenvalue weighted by Crippen LogP contribution is -2.46. The monoisotopic (exact) mass is 291 g/mol. The molecule has 1 fully saturated rings. The van der Waals surface area contributed by atoms with Crippen LogP contribution in [0.2, 0.25) is 0 Å². The zero-order chi connectivity index (χ0) is 15.1. The summed E-state index contributed by atoms with van der Waals surface area (Å²) in [7, 11) is 0. The van der Waals surface area contributed by atoms with Crippen molar-refractivity contribution >= 4 is 0 Å². The number of aliphatic hydroxyl groups excluding tert-OH is 1. The minimum Gasteiger partial charge on any atom is -0.395 e. The van der Waals surface area contributed by atoms with Crippen molar-refractivity contribution in [1.29, 1.82) is 0 Å². The van der Waals surface area contributed by atoms with Crippen LogP contribution in [0.15, 0.2) is 18.2 Å². The lowest BCUT2D eigenvalue weighted by molar-refractivity contribution is 0.108. The minimum absolute atomic E-state index is 0.194. The van der Waals surface area contributed by atoms with Gasteiger partial charge in [0.2, 0.25) is 0 Å². The summed E-state index contributed by atoms with van der Waals surface area (Å²) in [4.78, 5) is 4.45. The van der Waals surface area contributed by atoms with Crippen molar-refractivity contribution in [3.63, 3.8) is 0 Å². The van der Waals surface area contributed by atoms with Crippen LogP contribution in [-0.2, 0) is 6.54 Å². The van der Waals surface area contributed by atoms with Crippen molar-refractivity contribution < 1.29 is 9.50 Å². The van der Waals surface area contributed by atoms with Crippen LogP contribution < -0.4 is 5.73 Å². The molecule has 0 radical (unpaired) electrons. The van der Waals surface area contributed by atoms with Crippen LogP contribution in [0.1, 0.15) is 11.1 Å². The summed E-state index contributed by atoms with van der Waals surface area (Å²) in [5, 5.41) is 8.92. The maximum Gasteiger partial charge on any atom is 0.128 e. The van der Waals surface area contributed by atoms with E-state index in [1.54, 1.807) is 6.07 Å². The zero-order valence-electron chi connectivity index (χ0n) is 12.2. The van der Waals surface area contributed by atoms with Gasteiger partial charge in [-0.1, -0.05) is 17.9 Å². The van der Waals surface area contributed by atoms with Gasteiger partial charge in [-0.2, -0.15) is 0 Å². The molecule has 2 rings (SSSR count). The molecule has 114 valence electrons. The maximum atomic E-state index is 14.1. The first-order chi connectivity index (χ1) is 10.2. The van der Waals surface area contributed by atoms with Crippen molar-refractivity contribution in [2.45, 2.75) is 6.54 Å². The maximum absolute atomic E-state index is 14.1. The molecule has 0 saturated carbocycles. The number of hydrogen-bond acceptors (Lipinski definition) is 4. The van der Waals surface area contributed by atoms with E-state index in [0.29, 0.717) is 17.7 Å². The molecule has 21 heavy (non-hydrogen) atoms. The molecule has 1 aliphatic heterocycles. The SMILES string of the molecule is NCC#Cc1ccc(CN2CCN(CCO)CC2)c(F)c1. The highest BCUT2D eigenvalue weighted by atomic mass is 19.1. The van der Waals surface area contributed by atoms with E-state index in [4.69, 9.17) is 10.8 Å². The van der Waals surface area contributed by atoms with Crippen LogP contribution in [0.25, 0.3) is 0 Å². The number of aliphatic hydroxyl groups is 1. The Kier molecular flexibility index (Phi) is 6.15. The van der Waals surface area contributed by atoms with Crippen LogP contribution >= 0.6 is 0 Å². The van der Waals surface area contributed by atoms with Crippen LogP contribution in [0.5, 0.6) is 0 Å². The zero-order valence-corrected chi connectivity index (χ0v) is 12.2. The molecule has 5 heteroatoms. The van der Waals surface area contributed by atoms with Gasteiger partial charge in [-0.05, 0) is 12.1 Å². The van der Waals surface area contributed by atoms with E-state index in [1.165, 1.54) is 6.07 Å². The lowest BCUT2D eigenvalue weighted by atomic mass is 10.1. The number of nitrogens with zero attached hydrogens (tertiary/aromatic N) is 2. The van der Waals surface area contributed by atoms with Gasteiger partial charge in [-0.15, -0.1) is 0 Å². The van der Waals surface area contributed by atoms with Gasteiger partial charge >= 0.3 is 0 Å². The molecule has 1 heterocycles. The van der Waals surface area contributed by atoms with Crippen LogP contribution in [-0.4, -0.2) is 60.8 Å². The number of benzene rings is 1. The van der Waals surface area contributed by atoms with Gasteiger partial charge in [0.1, 0.15) is 5.82 Å². The number of β-amino-alcohol motifs (C(OH)–C–C–N with tert-alkyl or cyclic N) is 1. The second-order valence-corrected chi connectivity index (χ2v) is 5.15. The fraction of sp³-hybridized carbons (Fsp3) is 0.500. The van der Waals surface area contributed by atoms with Gasteiger partial charge in [0.05, 0.1) is 13.2 Å². The van der Waals surface area contributed by atoms with Crippen molar-refractivity contribution in [3.05, 3.63) is 35.1 Å². The molecule has 1 aromatic carbocycles. The number of piperazine rings is 1. The highest BCUT2D eigenvalue weighted by molar-refractivity contribution is 5.37. The van der Waals surface area contributed by atoms with Crippen molar-refractivity contribution in [3.8, 4) is 11.8 Å². The van der Waals surface area contributed by atoms with E-state index in [9.17, 15) is 4.39 Å². The number of halogens is 1. The molecule has 1 aromatic rings. The summed E-state index contributed by atoms with van der Waals surface area (Å²) >= 11 is 0. The largest absolute Gasteiger partial charge is 0.395 e. The Morgan fingerprint density at radius 1 is 1.19 bits per heavy atom. The highest BCUT2D eigenvalue weighted by Gasteiger charge is 2.17. The van der Waals surface area contributed by atoms with Crippen LogP contribution in [0.4, 0.5) is 4.39 Å². The quantitative estimate of drug-likeness (QED) is 0.781. The van der Waals surface area contributed by atoms with Crippen molar-refractivity contribution in [2.75, 3.05) is 45.9 Å². The van der Waals surface area contributed by atoms with E-state index in [0.717, 1.165) is 32.7 Å². The summed E-state index contributed by atoms with van der Waals surface area (Å²) in [6, 6.07) is 5.11. The molecule has 0 unspecified atom stereocenters. The van der Waals surface area contributed by atoms with Gasteiger partial charge in [0, 0.05) is 50.4 Å². The summed E-state index contributed by atoms with van der Waals surface area (Å²) < 4.78 is 14.1. The molecule has 0 bridgehead atoms. The fourth-order valence-electron chi connectivity index (χ4n) is 2.46. The Balaban J connectivity index is 1.92. The first kappa shape index (κ1) is 15.9. The average molecular weight is 291 g/mol. The second kappa shape index (κ2) is 8.11. The fourth-order valence-corrected chi connectivity index (χ4v) is 2.46.